The van der Waals surface area contributed by atoms with Crippen molar-refractivity contribution in [1.29, 1.82) is 0 Å². The highest BCUT2D eigenvalue weighted by Gasteiger charge is 2.02. The monoisotopic (exact) mass is 239 g/mol. The van der Waals surface area contributed by atoms with Gasteiger partial charge in [0.2, 0.25) is 0 Å². The van der Waals surface area contributed by atoms with E-state index in [4.69, 9.17) is 0 Å². The molecule has 18 heavy (non-hydrogen) atoms. The van der Waals surface area contributed by atoms with Crippen molar-refractivity contribution >= 4 is 0 Å². The first kappa shape index (κ1) is 12.8. The molecule has 94 valence electrons. The van der Waals surface area contributed by atoms with E-state index in [1.165, 1.54) is 16.7 Å². The summed E-state index contributed by atoms with van der Waals surface area (Å²) in [5.74, 6) is 0. The number of rotatable bonds is 6. The fourth-order valence-corrected chi connectivity index (χ4v) is 2.19. The van der Waals surface area contributed by atoms with Gasteiger partial charge in [0.1, 0.15) is 0 Å². The van der Waals surface area contributed by atoms with Crippen LogP contribution in [0.15, 0.2) is 54.6 Å². The van der Waals surface area contributed by atoms with E-state index >= 15 is 0 Å². The largest absolute Gasteiger partial charge is 0.317 e. The fraction of sp³-hybridized carbons (Fsp3) is 0.294. The Bertz CT molecular complexity index is 462. The minimum atomic E-state index is 1.03. The van der Waals surface area contributed by atoms with Crippen molar-refractivity contribution < 1.29 is 0 Å². The van der Waals surface area contributed by atoms with Gasteiger partial charge in [-0.15, -0.1) is 0 Å². The maximum Gasteiger partial charge on any atom is -0.000836 e. The quantitative estimate of drug-likeness (QED) is 0.762. The van der Waals surface area contributed by atoms with E-state index in [9.17, 15) is 0 Å². The van der Waals surface area contributed by atoms with Crippen molar-refractivity contribution in [3.05, 3.63) is 71.3 Å². The van der Waals surface area contributed by atoms with Crippen molar-refractivity contribution in [2.24, 2.45) is 0 Å². The van der Waals surface area contributed by atoms with E-state index in [-0.39, 0.29) is 0 Å². The number of likely N-dealkylation sites (N-methyl/N-ethyl adjacent to an activating group) is 1. The zero-order chi connectivity index (χ0) is 12.6. The lowest BCUT2D eigenvalue weighted by Crippen LogP contribution is -2.16. The molecule has 1 heteroatoms. The fourth-order valence-electron chi connectivity index (χ4n) is 2.19. The third kappa shape index (κ3) is 3.71. The average Bonchev–Trinajstić information content (AvgIpc) is 2.42. The first-order chi connectivity index (χ1) is 8.90. The molecule has 0 aliphatic rings. The van der Waals surface area contributed by atoms with Crippen LogP contribution in [0.25, 0.3) is 0 Å². The normalized spacial score (nSPS) is 10.5. The van der Waals surface area contributed by atoms with E-state index in [2.05, 4.69) is 66.8 Å². The van der Waals surface area contributed by atoms with E-state index in [1.54, 1.807) is 0 Å². The van der Waals surface area contributed by atoms with Gasteiger partial charge in [0.25, 0.3) is 0 Å². The molecule has 1 N–H and O–H groups in total. The van der Waals surface area contributed by atoms with Crippen LogP contribution in [0, 0.1) is 0 Å². The summed E-state index contributed by atoms with van der Waals surface area (Å²) in [6, 6.07) is 19.4. The van der Waals surface area contributed by atoms with Crippen LogP contribution in [0.1, 0.15) is 23.6 Å². The summed E-state index contributed by atoms with van der Waals surface area (Å²) in [5.41, 5.74) is 4.29. The van der Waals surface area contributed by atoms with Crippen LogP contribution in [0.5, 0.6) is 0 Å². The maximum absolute atomic E-state index is 3.39. The third-order valence-electron chi connectivity index (χ3n) is 3.18. The lowest BCUT2D eigenvalue weighted by Gasteiger charge is -2.10. The molecule has 0 aromatic heterocycles. The molecule has 0 aliphatic carbocycles. The van der Waals surface area contributed by atoms with Gasteiger partial charge in [0.05, 0.1) is 0 Å². The summed E-state index contributed by atoms with van der Waals surface area (Å²) in [4.78, 5) is 0. The molecule has 0 amide bonds. The Kier molecular flexibility index (Phi) is 4.98. The molecule has 1 nitrogen and oxygen atoms in total. The number of benzene rings is 2. The summed E-state index contributed by atoms with van der Waals surface area (Å²) in [5, 5.41) is 3.39. The van der Waals surface area contributed by atoms with Gasteiger partial charge in [-0.2, -0.15) is 0 Å². The predicted octanol–water partition coefficient (Wildman–Crippen LogP) is 3.43. The van der Waals surface area contributed by atoms with Gasteiger partial charge in [-0.25, -0.2) is 0 Å². The summed E-state index contributed by atoms with van der Waals surface area (Å²) < 4.78 is 0. The molecule has 0 radical (unpaired) electrons. The van der Waals surface area contributed by atoms with E-state index < -0.39 is 0 Å². The molecule has 0 atom stereocenters. The van der Waals surface area contributed by atoms with Crippen molar-refractivity contribution in [2.45, 2.75) is 19.8 Å². The molecule has 0 saturated heterocycles. The van der Waals surface area contributed by atoms with Crippen LogP contribution in [-0.4, -0.2) is 13.1 Å². The van der Waals surface area contributed by atoms with E-state index in [1.807, 2.05) is 0 Å². The first-order valence-electron chi connectivity index (χ1n) is 6.71. The molecular weight excluding hydrogens is 218 g/mol. The van der Waals surface area contributed by atoms with Gasteiger partial charge in [-0.1, -0.05) is 61.5 Å². The molecule has 0 fully saturated rings. The zero-order valence-corrected chi connectivity index (χ0v) is 11.0. The maximum atomic E-state index is 3.39. The van der Waals surface area contributed by atoms with Crippen molar-refractivity contribution in [2.75, 3.05) is 13.1 Å². The van der Waals surface area contributed by atoms with Crippen LogP contribution in [0.2, 0.25) is 0 Å². The minimum Gasteiger partial charge on any atom is -0.317 e. The van der Waals surface area contributed by atoms with Crippen LogP contribution >= 0.6 is 0 Å². The molecule has 0 heterocycles. The van der Waals surface area contributed by atoms with Crippen LogP contribution in [0.4, 0.5) is 0 Å². The van der Waals surface area contributed by atoms with E-state index in [0.717, 1.165) is 25.9 Å². The van der Waals surface area contributed by atoms with Crippen LogP contribution < -0.4 is 5.32 Å². The van der Waals surface area contributed by atoms with Gasteiger partial charge < -0.3 is 5.32 Å². The second kappa shape index (κ2) is 6.97. The smallest absolute Gasteiger partial charge is 0.000836 e. The standard InChI is InChI=1S/C17H21N/c1-2-18-13-12-16-10-6-7-11-17(16)14-15-8-4-3-5-9-15/h3-11,18H,2,12-14H2,1H3. The molecule has 0 unspecified atom stereocenters. The summed E-state index contributed by atoms with van der Waals surface area (Å²) >= 11 is 0. The van der Waals surface area contributed by atoms with E-state index in [0.29, 0.717) is 0 Å². The first-order valence-corrected chi connectivity index (χ1v) is 6.71. The lowest BCUT2D eigenvalue weighted by atomic mass is 9.98. The molecule has 2 aromatic carbocycles. The molecule has 0 spiro atoms. The van der Waals surface area contributed by atoms with Gasteiger partial charge in [0.15, 0.2) is 0 Å². The molecule has 2 rings (SSSR count). The second-order valence-corrected chi connectivity index (χ2v) is 4.53. The Balaban J connectivity index is 2.07. The number of hydrogen-bond acceptors (Lipinski definition) is 1. The lowest BCUT2D eigenvalue weighted by molar-refractivity contribution is 0.714. The number of nitrogens with one attached hydrogen (secondary N) is 1. The Morgan fingerprint density at radius 3 is 2.22 bits per heavy atom. The van der Waals surface area contributed by atoms with Gasteiger partial charge in [0, 0.05) is 0 Å². The minimum absolute atomic E-state index is 1.03. The molecular formula is C17H21N. The zero-order valence-electron chi connectivity index (χ0n) is 11.0. The average molecular weight is 239 g/mol. The Labute approximate surface area is 110 Å². The van der Waals surface area contributed by atoms with Gasteiger partial charge in [-0.05, 0) is 42.6 Å². The van der Waals surface area contributed by atoms with Gasteiger partial charge in [-0.3, -0.25) is 0 Å². The van der Waals surface area contributed by atoms with Crippen LogP contribution in [0.3, 0.4) is 0 Å². The van der Waals surface area contributed by atoms with Crippen molar-refractivity contribution in [1.82, 2.24) is 5.32 Å². The highest BCUT2D eigenvalue weighted by atomic mass is 14.8. The molecule has 0 saturated carbocycles. The van der Waals surface area contributed by atoms with Crippen molar-refractivity contribution in [3.63, 3.8) is 0 Å². The highest BCUT2D eigenvalue weighted by Crippen LogP contribution is 2.14. The Morgan fingerprint density at radius 1 is 0.833 bits per heavy atom. The summed E-state index contributed by atoms with van der Waals surface area (Å²) in [7, 11) is 0. The molecule has 0 bridgehead atoms. The van der Waals surface area contributed by atoms with Gasteiger partial charge >= 0.3 is 0 Å². The van der Waals surface area contributed by atoms with Crippen LogP contribution in [-0.2, 0) is 12.8 Å². The highest BCUT2D eigenvalue weighted by molar-refractivity contribution is 5.32. The topological polar surface area (TPSA) is 12.0 Å². The Morgan fingerprint density at radius 2 is 1.50 bits per heavy atom. The number of hydrogen-bond donors (Lipinski definition) is 1. The Hall–Kier alpha value is -1.60. The summed E-state index contributed by atoms with van der Waals surface area (Å²) in [6.07, 6.45) is 2.14. The second-order valence-electron chi connectivity index (χ2n) is 4.53. The third-order valence-corrected chi connectivity index (χ3v) is 3.18. The SMILES string of the molecule is CCNCCc1ccccc1Cc1ccccc1. The summed E-state index contributed by atoms with van der Waals surface area (Å²) in [6.45, 7) is 4.25. The predicted molar refractivity (Wildman–Crippen MR) is 77.9 cm³/mol. The molecule has 2 aromatic rings. The molecule has 0 aliphatic heterocycles. The van der Waals surface area contributed by atoms with Crippen molar-refractivity contribution in [3.8, 4) is 0 Å².